The van der Waals surface area contributed by atoms with Crippen LogP contribution in [0.5, 0.6) is 0 Å². The summed E-state index contributed by atoms with van der Waals surface area (Å²) in [5.41, 5.74) is 5.07. The molecule has 0 spiro atoms. The molecule has 1 aliphatic rings. The lowest BCUT2D eigenvalue weighted by Gasteiger charge is -2.27. The summed E-state index contributed by atoms with van der Waals surface area (Å²) in [5, 5.41) is 12.1. The Labute approximate surface area is 103 Å². The van der Waals surface area contributed by atoms with Gasteiger partial charge < -0.3 is 16.2 Å². The number of carbonyl (C=O) groups excluding carboxylic acids is 1. The van der Waals surface area contributed by atoms with Gasteiger partial charge in [0.05, 0.1) is 11.6 Å². The Morgan fingerprint density at radius 1 is 1.56 bits per heavy atom. The van der Waals surface area contributed by atoms with E-state index >= 15 is 0 Å². The van der Waals surface area contributed by atoms with E-state index in [1.165, 1.54) is 0 Å². The molecule has 1 fully saturated rings. The molecule has 1 atom stereocenters. The lowest BCUT2D eigenvalue weighted by molar-refractivity contribution is -0.123. The second kappa shape index (κ2) is 5.34. The second-order valence-electron chi connectivity index (χ2n) is 5.56. The fraction of sp³-hybridized carbons (Fsp3) is 0.909. The molecule has 0 aromatic rings. The number of hydrogen-bond acceptors (Lipinski definition) is 3. The van der Waals surface area contributed by atoms with E-state index in [1.54, 1.807) is 6.92 Å². The first-order valence-electron chi connectivity index (χ1n) is 5.50. The van der Waals surface area contributed by atoms with Gasteiger partial charge in [0.1, 0.15) is 0 Å². The van der Waals surface area contributed by atoms with Gasteiger partial charge in [-0.15, -0.1) is 12.4 Å². The smallest absolute Gasteiger partial charge is 0.240 e. The lowest BCUT2D eigenvalue weighted by atomic mass is 9.87. The number of amides is 1. The van der Waals surface area contributed by atoms with Gasteiger partial charge in [-0.2, -0.15) is 0 Å². The molecule has 96 valence electrons. The van der Waals surface area contributed by atoms with E-state index in [9.17, 15) is 9.90 Å². The highest BCUT2D eigenvalue weighted by Gasteiger charge is 2.46. The number of aliphatic hydroxyl groups excluding tert-OH is 1. The molecule has 1 unspecified atom stereocenters. The fourth-order valence-electron chi connectivity index (χ4n) is 1.73. The van der Waals surface area contributed by atoms with E-state index in [4.69, 9.17) is 5.73 Å². The van der Waals surface area contributed by atoms with Gasteiger partial charge in [-0.05, 0) is 31.6 Å². The van der Waals surface area contributed by atoms with Crippen LogP contribution in [0.25, 0.3) is 0 Å². The van der Waals surface area contributed by atoms with Gasteiger partial charge in [0.15, 0.2) is 0 Å². The van der Waals surface area contributed by atoms with E-state index in [1.807, 2.05) is 13.8 Å². The number of nitrogens with two attached hydrogens (primary N) is 1. The molecule has 0 aromatic carbocycles. The quantitative estimate of drug-likeness (QED) is 0.676. The summed E-state index contributed by atoms with van der Waals surface area (Å²) in [6, 6.07) is 0. The molecule has 0 radical (unpaired) electrons. The van der Waals surface area contributed by atoms with Gasteiger partial charge in [-0.25, -0.2) is 0 Å². The Hall–Kier alpha value is -0.320. The lowest BCUT2D eigenvalue weighted by Crippen LogP contribution is -2.46. The summed E-state index contributed by atoms with van der Waals surface area (Å²) in [5.74, 6) is -0.0545. The van der Waals surface area contributed by atoms with E-state index in [2.05, 4.69) is 5.32 Å². The standard InChI is InChI=1S/C11H22N2O2.ClH/c1-8(14)6-10(2,3)7-13-9(15)11(12)4-5-11;/h8,14H,4-7,12H2,1-3H3,(H,13,15);1H. The van der Waals surface area contributed by atoms with Crippen molar-refractivity contribution in [1.82, 2.24) is 5.32 Å². The molecule has 5 heteroatoms. The zero-order valence-corrected chi connectivity index (χ0v) is 11.1. The van der Waals surface area contributed by atoms with Gasteiger partial charge in [0.25, 0.3) is 0 Å². The van der Waals surface area contributed by atoms with E-state index in [-0.39, 0.29) is 29.8 Å². The molecular weight excluding hydrogens is 228 g/mol. The fourth-order valence-corrected chi connectivity index (χ4v) is 1.73. The number of hydrogen-bond donors (Lipinski definition) is 3. The molecule has 1 saturated carbocycles. The first-order chi connectivity index (χ1) is 6.75. The third-order valence-electron chi connectivity index (χ3n) is 2.82. The maximum Gasteiger partial charge on any atom is 0.240 e. The molecular formula is C11H23ClN2O2. The second-order valence-corrected chi connectivity index (χ2v) is 5.56. The molecule has 1 amide bonds. The largest absolute Gasteiger partial charge is 0.393 e. The maximum absolute atomic E-state index is 11.6. The van der Waals surface area contributed by atoms with E-state index in [0.717, 1.165) is 12.8 Å². The zero-order valence-electron chi connectivity index (χ0n) is 10.2. The topological polar surface area (TPSA) is 75.3 Å². The SMILES string of the molecule is CC(O)CC(C)(C)CNC(=O)C1(N)CC1.Cl. The molecule has 0 saturated heterocycles. The van der Waals surface area contributed by atoms with Crippen molar-refractivity contribution in [3.63, 3.8) is 0 Å². The average Bonchev–Trinajstić information content (AvgIpc) is 2.78. The van der Waals surface area contributed by atoms with Crippen LogP contribution < -0.4 is 11.1 Å². The highest BCUT2D eigenvalue weighted by atomic mass is 35.5. The summed E-state index contributed by atoms with van der Waals surface area (Å²) in [6.07, 6.45) is 1.90. The van der Waals surface area contributed by atoms with Crippen LogP contribution in [0, 0.1) is 5.41 Å². The number of rotatable bonds is 5. The molecule has 4 nitrogen and oxygen atoms in total. The van der Waals surface area contributed by atoms with Crippen molar-refractivity contribution < 1.29 is 9.90 Å². The van der Waals surface area contributed by atoms with E-state index < -0.39 is 5.54 Å². The molecule has 0 aromatic heterocycles. The van der Waals surface area contributed by atoms with Crippen LogP contribution in [0.2, 0.25) is 0 Å². The number of halogens is 1. The Balaban J connectivity index is 0.00000225. The molecule has 1 aliphatic carbocycles. The van der Waals surface area contributed by atoms with Crippen molar-refractivity contribution in [3.8, 4) is 0 Å². The zero-order chi connectivity index (χ0) is 11.7. The van der Waals surface area contributed by atoms with Crippen molar-refractivity contribution in [2.24, 2.45) is 11.1 Å². The summed E-state index contributed by atoms with van der Waals surface area (Å²) in [4.78, 5) is 11.6. The van der Waals surface area contributed by atoms with Crippen molar-refractivity contribution in [2.75, 3.05) is 6.54 Å². The molecule has 1 rings (SSSR count). The Morgan fingerprint density at radius 3 is 2.44 bits per heavy atom. The van der Waals surface area contributed by atoms with Gasteiger partial charge in [-0.3, -0.25) is 4.79 Å². The van der Waals surface area contributed by atoms with Gasteiger partial charge in [-0.1, -0.05) is 13.8 Å². The first-order valence-corrected chi connectivity index (χ1v) is 5.50. The average molecular weight is 251 g/mol. The number of carbonyl (C=O) groups is 1. The van der Waals surface area contributed by atoms with Crippen molar-refractivity contribution in [2.45, 2.75) is 51.7 Å². The summed E-state index contributed by atoms with van der Waals surface area (Å²) in [6.45, 7) is 6.37. The molecule has 0 aliphatic heterocycles. The van der Waals surface area contributed by atoms with Gasteiger partial charge in [0, 0.05) is 6.54 Å². The van der Waals surface area contributed by atoms with Gasteiger partial charge in [0.2, 0.25) is 5.91 Å². The highest BCUT2D eigenvalue weighted by molar-refractivity contribution is 5.88. The molecule has 0 bridgehead atoms. The first kappa shape index (κ1) is 15.7. The summed E-state index contributed by atoms with van der Waals surface area (Å²) >= 11 is 0. The van der Waals surface area contributed by atoms with Crippen molar-refractivity contribution >= 4 is 18.3 Å². The minimum Gasteiger partial charge on any atom is -0.393 e. The highest BCUT2D eigenvalue weighted by Crippen LogP contribution is 2.32. The molecule has 4 N–H and O–H groups in total. The minimum atomic E-state index is -0.596. The van der Waals surface area contributed by atoms with Crippen LogP contribution in [0.1, 0.15) is 40.0 Å². The van der Waals surface area contributed by atoms with Crippen LogP contribution in [0.3, 0.4) is 0 Å². The maximum atomic E-state index is 11.6. The molecule has 16 heavy (non-hydrogen) atoms. The van der Waals surface area contributed by atoms with Crippen LogP contribution in [0.4, 0.5) is 0 Å². The van der Waals surface area contributed by atoms with E-state index in [0.29, 0.717) is 13.0 Å². The Bertz CT molecular complexity index is 250. The Morgan fingerprint density at radius 2 is 2.06 bits per heavy atom. The van der Waals surface area contributed by atoms with Crippen LogP contribution in [-0.4, -0.2) is 29.2 Å². The number of aliphatic hydroxyl groups is 1. The minimum absolute atomic E-state index is 0. The predicted octanol–water partition coefficient (Wildman–Crippen LogP) is 0.813. The van der Waals surface area contributed by atoms with Crippen LogP contribution in [0.15, 0.2) is 0 Å². The van der Waals surface area contributed by atoms with Crippen molar-refractivity contribution in [3.05, 3.63) is 0 Å². The van der Waals surface area contributed by atoms with Gasteiger partial charge >= 0.3 is 0 Å². The predicted molar refractivity (Wildman–Crippen MR) is 66.5 cm³/mol. The van der Waals surface area contributed by atoms with Crippen molar-refractivity contribution in [1.29, 1.82) is 0 Å². The van der Waals surface area contributed by atoms with Crippen LogP contribution in [-0.2, 0) is 4.79 Å². The van der Waals surface area contributed by atoms with Crippen LogP contribution >= 0.6 is 12.4 Å². The Kier molecular flexibility index (Phi) is 5.23. The third kappa shape index (κ3) is 4.68. The summed E-state index contributed by atoms with van der Waals surface area (Å²) in [7, 11) is 0. The third-order valence-corrected chi connectivity index (χ3v) is 2.82. The number of nitrogens with one attached hydrogen (secondary N) is 1. The molecule has 0 heterocycles. The summed E-state index contributed by atoms with van der Waals surface area (Å²) < 4.78 is 0. The monoisotopic (exact) mass is 250 g/mol. The normalized spacial score (nSPS) is 19.6.